The van der Waals surface area contributed by atoms with Gasteiger partial charge in [0.05, 0.1) is 0 Å². The first-order chi connectivity index (χ1) is 4.20. The summed E-state index contributed by atoms with van der Waals surface area (Å²) in [6.07, 6.45) is 3.74. The molecule has 0 aliphatic heterocycles. The van der Waals surface area contributed by atoms with E-state index in [0.717, 1.165) is 18.3 Å². The molecule has 2 unspecified atom stereocenters. The molecule has 0 aliphatic rings. The fraction of sp³-hybridized carbons (Fsp3) is 0.800. The molecular formula is C10H22Y-2. The van der Waals surface area contributed by atoms with E-state index in [1.807, 2.05) is 0 Å². The molecule has 0 nitrogen and oxygen atoms in total. The first kappa shape index (κ1) is 18.0. The van der Waals surface area contributed by atoms with Gasteiger partial charge in [-0.2, -0.15) is 6.42 Å². The third-order valence-electron chi connectivity index (χ3n) is 1.99. The molecule has 0 saturated heterocycles. The topological polar surface area (TPSA) is 0 Å². The Morgan fingerprint density at radius 1 is 1.18 bits per heavy atom. The molecule has 0 saturated carbocycles. The van der Waals surface area contributed by atoms with Gasteiger partial charge in [-0.25, -0.2) is 0 Å². The van der Waals surface area contributed by atoms with Crippen LogP contribution in [0.1, 0.15) is 40.0 Å². The van der Waals surface area contributed by atoms with Crippen molar-refractivity contribution in [2.75, 3.05) is 0 Å². The molecule has 0 aromatic rings. The van der Waals surface area contributed by atoms with Gasteiger partial charge in [0.15, 0.2) is 0 Å². The Balaban J connectivity index is -0.000000320. The van der Waals surface area contributed by atoms with Crippen LogP contribution in [0.2, 0.25) is 0 Å². The van der Waals surface area contributed by atoms with E-state index in [-0.39, 0.29) is 40.1 Å². The van der Waals surface area contributed by atoms with Crippen LogP contribution in [0.3, 0.4) is 0 Å². The molecule has 0 bridgehead atoms. The molecule has 0 amide bonds. The van der Waals surface area contributed by atoms with Crippen molar-refractivity contribution in [3.05, 3.63) is 14.4 Å². The number of hydrogen-bond donors (Lipinski definition) is 0. The summed E-state index contributed by atoms with van der Waals surface area (Å²) in [5.41, 5.74) is 0. The van der Waals surface area contributed by atoms with Gasteiger partial charge in [0, 0.05) is 32.7 Å². The monoisotopic (exact) mass is 231 g/mol. The maximum absolute atomic E-state index is 3.87. The van der Waals surface area contributed by atoms with Gasteiger partial charge in [0.1, 0.15) is 0 Å². The minimum atomic E-state index is 0. The van der Waals surface area contributed by atoms with E-state index < -0.39 is 0 Å². The van der Waals surface area contributed by atoms with Crippen LogP contribution in [0, 0.1) is 26.2 Å². The molecule has 0 N–H and O–H groups in total. The second-order valence-electron chi connectivity index (χ2n) is 3.14. The molecule has 0 aromatic carbocycles. The summed E-state index contributed by atoms with van der Waals surface area (Å²) in [6, 6.07) is 0. The zero-order valence-electron chi connectivity index (χ0n) is 8.56. The summed E-state index contributed by atoms with van der Waals surface area (Å²) in [6.45, 7) is 10.7. The van der Waals surface area contributed by atoms with Crippen molar-refractivity contribution in [2.24, 2.45) is 11.8 Å². The van der Waals surface area contributed by atoms with Gasteiger partial charge in [0.25, 0.3) is 0 Å². The maximum Gasteiger partial charge on any atom is 0 e. The van der Waals surface area contributed by atoms with Crippen LogP contribution in [-0.2, 0) is 32.7 Å². The summed E-state index contributed by atoms with van der Waals surface area (Å²) in [5.74, 6) is 1.71. The molecule has 67 valence electrons. The third kappa shape index (κ3) is 11.1. The van der Waals surface area contributed by atoms with Crippen molar-refractivity contribution >= 4 is 0 Å². The van der Waals surface area contributed by atoms with Crippen molar-refractivity contribution in [1.29, 1.82) is 0 Å². The SMILES string of the molecule is [CH2-]CC(C)CC(C)CC.[CH3-].[Y]. The average Bonchev–Trinajstić information content (AvgIpc) is 1.87. The van der Waals surface area contributed by atoms with Crippen LogP contribution in [0.15, 0.2) is 0 Å². The molecule has 1 radical (unpaired) electrons. The molecule has 1 heteroatoms. The van der Waals surface area contributed by atoms with Crippen LogP contribution in [0.5, 0.6) is 0 Å². The third-order valence-corrected chi connectivity index (χ3v) is 1.99. The second kappa shape index (κ2) is 11.1. The summed E-state index contributed by atoms with van der Waals surface area (Å²) in [5, 5.41) is 0. The summed E-state index contributed by atoms with van der Waals surface area (Å²) >= 11 is 0. The molecule has 0 aliphatic carbocycles. The average molecular weight is 231 g/mol. The quantitative estimate of drug-likeness (QED) is 0.647. The van der Waals surface area contributed by atoms with Gasteiger partial charge in [-0.1, -0.05) is 39.5 Å². The van der Waals surface area contributed by atoms with E-state index in [1.165, 1.54) is 12.8 Å². The number of hydrogen-bond acceptors (Lipinski definition) is 0. The van der Waals surface area contributed by atoms with Gasteiger partial charge in [-0.15, -0.1) is 0 Å². The minimum absolute atomic E-state index is 0. The van der Waals surface area contributed by atoms with Crippen molar-refractivity contribution in [3.63, 3.8) is 0 Å². The summed E-state index contributed by atoms with van der Waals surface area (Å²) in [4.78, 5) is 0. The summed E-state index contributed by atoms with van der Waals surface area (Å²) < 4.78 is 0. The van der Waals surface area contributed by atoms with Gasteiger partial charge in [-0.3, -0.25) is 0 Å². The molecule has 0 aromatic heterocycles. The van der Waals surface area contributed by atoms with Crippen molar-refractivity contribution in [1.82, 2.24) is 0 Å². The Labute approximate surface area is 98.4 Å². The van der Waals surface area contributed by atoms with E-state index in [2.05, 4.69) is 27.7 Å². The Morgan fingerprint density at radius 2 is 1.64 bits per heavy atom. The first-order valence-corrected chi connectivity index (χ1v) is 3.99. The van der Waals surface area contributed by atoms with E-state index in [0.29, 0.717) is 0 Å². The van der Waals surface area contributed by atoms with E-state index in [1.54, 1.807) is 0 Å². The second-order valence-corrected chi connectivity index (χ2v) is 3.14. The maximum atomic E-state index is 3.87. The van der Waals surface area contributed by atoms with E-state index >= 15 is 0 Å². The predicted octanol–water partition coefficient (Wildman–Crippen LogP) is 3.73. The smallest absolute Gasteiger partial charge is 0 e. The Hall–Kier alpha value is 1.10. The largest absolute Gasteiger partial charge is 0.358 e. The fourth-order valence-corrected chi connectivity index (χ4v) is 0.971. The Morgan fingerprint density at radius 3 is 1.91 bits per heavy atom. The minimum Gasteiger partial charge on any atom is -0.358 e. The van der Waals surface area contributed by atoms with Gasteiger partial charge in [-0.05, 0) is 5.92 Å². The van der Waals surface area contributed by atoms with Crippen molar-refractivity contribution in [2.45, 2.75) is 40.0 Å². The van der Waals surface area contributed by atoms with E-state index in [4.69, 9.17) is 0 Å². The van der Waals surface area contributed by atoms with Crippen LogP contribution in [-0.4, -0.2) is 0 Å². The molecule has 0 fully saturated rings. The molecule has 11 heavy (non-hydrogen) atoms. The van der Waals surface area contributed by atoms with Gasteiger partial charge >= 0.3 is 0 Å². The normalized spacial score (nSPS) is 14.2. The standard InChI is InChI=1S/C9H19.CH3.Y/c1-5-8(3)7-9(4)6-2;;/h8-9H,1,5-7H2,2-4H3;1H3;/q2*-1;. The van der Waals surface area contributed by atoms with Gasteiger partial charge in [0.2, 0.25) is 0 Å². The fourth-order valence-electron chi connectivity index (χ4n) is 0.971. The van der Waals surface area contributed by atoms with Crippen LogP contribution >= 0.6 is 0 Å². The first-order valence-electron chi connectivity index (χ1n) is 3.99. The predicted molar refractivity (Wildman–Crippen MR) is 49.6 cm³/mol. The molecule has 0 heterocycles. The van der Waals surface area contributed by atoms with Crippen LogP contribution in [0.4, 0.5) is 0 Å². The Kier molecular flexibility index (Phi) is 18.2. The number of rotatable bonds is 4. The van der Waals surface area contributed by atoms with Gasteiger partial charge < -0.3 is 14.4 Å². The molecule has 0 spiro atoms. The van der Waals surface area contributed by atoms with Crippen molar-refractivity contribution < 1.29 is 32.7 Å². The zero-order chi connectivity index (χ0) is 7.28. The van der Waals surface area contributed by atoms with E-state index in [9.17, 15) is 0 Å². The molecular weight excluding hydrogens is 209 g/mol. The van der Waals surface area contributed by atoms with Crippen molar-refractivity contribution in [3.8, 4) is 0 Å². The van der Waals surface area contributed by atoms with Crippen LogP contribution in [0.25, 0.3) is 0 Å². The summed E-state index contributed by atoms with van der Waals surface area (Å²) in [7, 11) is 0. The molecule has 2 atom stereocenters. The van der Waals surface area contributed by atoms with Crippen LogP contribution < -0.4 is 0 Å². The Bertz CT molecular complexity index is 53.9. The zero-order valence-corrected chi connectivity index (χ0v) is 11.4. The molecule has 0 rings (SSSR count).